The van der Waals surface area contributed by atoms with Gasteiger partial charge in [0.15, 0.2) is 11.6 Å². The normalized spacial score (nSPS) is 12.5. The van der Waals surface area contributed by atoms with E-state index in [4.69, 9.17) is 19.4 Å². The number of allylic oxidation sites excluding steroid dienone is 3. The first kappa shape index (κ1) is 40.9. The maximum Gasteiger partial charge on any atom is 0.342 e. The Morgan fingerprint density at radius 2 is 1.30 bits per heavy atom. The SMILES string of the molecule is CC1=Cc2cc3[nH]c(cc4nc(cc5[nH]c(cc1n2)c(C)c5CCC(=O)OCCn1c([N+](=O)[O-])cnc1C)C(CCC(=O)OCCn1c([N+](=O)[O-])cnc1C)=C4C)cc3C. The monoisotopic (exact) mass is 816 g/mol. The van der Waals surface area contributed by atoms with E-state index in [1.165, 1.54) is 21.5 Å². The van der Waals surface area contributed by atoms with Crippen LogP contribution >= 0.6 is 0 Å². The Morgan fingerprint density at radius 3 is 1.92 bits per heavy atom. The summed E-state index contributed by atoms with van der Waals surface area (Å²) in [5.41, 5.74) is 11.8. The summed E-state index contributed by atoms with van der Waals surface area (Å²) in [5.74, 6) is -0.386. The maximum absolute atomic E-state index is 13.1. The van der Waals surface area contributed by atoms with Crippen molar-refractivity contribution in [1.29, 1.82) is 0 Å². The third-order valence-electron chi connectivity index (χ3n) is 10.8. The first-order chi connectivity index (χ1) is 28.7. The lowest BCUT2D eigenvalue weighted by Crippen LogP contribution is -2.14. The van der Waals surface area contributed by atoms with Gasteiger partial charge in [0.1, 0.15) is 38.7 Å². The molecule has 8 bridgehead atoms. The number of nitrogens with one attached hydrogen (secondary N) is 2. The summed E-state index contributed by atoms with van der Waals surface area (Å²) in [6, 6.07) is 9.94. The molecule has 0 amide bonds. The molecular formula is C42H44N10O8. The number of nitrogens with zero attached hydrogens (tertiary/aromatic N) is 8. The first-order valence-electron chi connectivity index (χ1n) is 19.4. The Labute approximate surface area is 343 Å². The number of carbonyl (C=O) groups is 2. The van der Waals surface area contributed by atoms with Gasteiger partial charge < -0.3 is 39.7 Å². The summed E-state index contributed by atoms with van der Waals surface area (Å²) in [6.45, 7) is 11.3. The quantitative estimate of drug-likeness (QED) is 0.0632. The number of H-pyrrole nitrogens is 2. The van der Waals surface area contributed by atoms with E-state index in [0.717, 1.165) is 66.9 Å². The summed E-state index contributed by atoms with van der Waals surface area (Å²) in [5, 5.41) is 22.8. The number of aryl methyl sites for hydroxylation is 5. The Kier molecular flexibility index (Phi) is 11.5. The Hall–Kier alpha value is -7.24. The van der Waals surface area contributed by atoms with E-state index < -0.39 is 21.8 Å². The highest BCUT2D eigenvalue weighted by atomic mass is 16.6. The molecule has 0 radical (unpaired) electrons. The summed E-state index contributed by atoms with van der Waals surface area (Å²) >= 11 is 0. The Balaban J connectivity index is 1.20. The maximum atomic E-state index is 13.1. The van der Waals surface area contributed by atoms with Gasteiger partial charge in [-0.05, 0) is 120 Å². The van der Waals surface area contributed by atoms with Gasteiger partial charge in [-0.15, -0.1) is 0 Å². The molecule has 0 saturated carbocycles. The highest BCUT2D eigenvalue weighted by Gasteiger charge is 2.22. The van der Waals surface area contributed by atoms with E-state index in [1.54, 1.807) is 13.8 Å². The van der Waals surface area contributed by atoms with Gasteiger partial charge in [-0.1, -0.05) is 0 Å². The van der Waals surface area contributed by atoms with Crippen LogP contribution in [0.25, 0.3) is 44.9 Å². The average Bonchev–Trinajstić information content (AvgIpc) is 4.03. The van der Waals surface area contributed by atoms with E-state index in [-0.39, 0.29) is 50.8 Å². The van der Waals surface area contributed by atoms with Crippen LogP contribution < -0.4 is 0 Å². The lowest BCUT2D eigenvalue weighted by molar-refractivity contribution is -0.392. The zero-order valence-electron chi connectivity index (χ0n) is 34.1. The van der Waals surface area contributed by atoms with Crippen molar-refractivity contribution in [3.05, 3.63) is 114 Å². The van der Waals surface area contributed by atoms with Gasteiger partial charge in [0.05, 0.1) is 22.8 Å². The second-order valence-electron chi connectivity index (χ2n) is 14.8. The first-order valence-corrected chi connectivity index (χ1v) is 19.4. The molecule has 0 fully saturated rings. The van der Waals surface area contributed by atoms with Crippen LogP contribution in [0.15, 0.2) is 42.7 Å². The van der Waals surface area contributed by atoms with Crippen LogP contribution in [0.1, 0.15) is 84.2 Å². The number of hydrogen-bond donors (Lipinski definition) is 2. The topological polar surface area (TPSA) is 232 Å². The van der Waals surface area contributed by atoms with Crippen LogP contribution in [-0.2, 0) is 38.6 Å². The van der Waals surface area contributed by atoms with Crippen LogP contribution in [0.4, 0.5) is 11.6 Å². The fraction of sp³-hybridized carbons (Fsp3) is 0.333. The van der Waals surface area contributed by atoms with E-state index in [0.29, 0.717) is 35.9 Å². The molecule has 0 unspecified atom stereocenters. The zero-order chi connectivity index (χ0) is 42.8. The third-order valence-corrected chi connectivity index (χ3v) is 10.8. The van der Waals surface area contributed by atoms with Gasteiger partial charge in [0.2, 0.25) is 0 Å². The molecule has 0 aromatic carbocycles. The number of rotatable bonds is 14. The number of esters is 2. The van der Waals surface area contributed by atoms with Gasteiger partial charge in [-0.25, -0.2) is 29.1 Å². The van der Waals surface area contributed by atoms with E-state index in [1.807, 2.05) is 64.1 Å². The van der Waals surface area contributed by atoms with E-state index >= 15 is 0 Å². The molecular weight excluding hydrogens is 773 g/mol. The number of fused-ring (bicyclic) bond motifs is 8. The molecule has 0 saturated heterocycles. The number of aromatic amines is 2. The molecule has 0 atom stereocenters. The molecule has 5 aromatic rings. The summed E-state index contributed by atoms with van der Waals surface area (Å²) in [6.07, 6.45) is 5.08. The fourth-order valence-electron chi connectivity index (χ4n) is 7.50. The van der Waals surface area contributed by atoms with Crippen molar-refractivity contribution in [3.63, 3.8) is 0 Å². The lowest BCUT2D eigenvalue weighted by atomic mass is 10.0. The molecule has 0 spiro atoms. The predicted molar refractivity (Wildman–Crippen MR) is 223 cm³/mol. The number of ether oxygens (including phenoxy) is 2. The van der Waals surface area contributed by atoms with Crippen LogP contribution in [-0.4, -0.2) is 74.0 Å². The van der Waals surface area contributed by atoms with Gasteiger partial charge >= 0.3 is 23.6 Å². The number of nitro groups is 2. The minimum Gasteiger partial charge on any atom is -0.461 e. The fourth-order valence-corrected chi connectivity index (χ4v) is 7.50. The second kappa shape index (κ2) is 16.9. The van der Waals surface area contributed by atoms with Crippen molar-refractivity contribution in [2.45, 2.75) is 80.3 Å². The van der Waals surface area contributed by atoms with Gasteiger partial charge in [-0.2, -0.15) is 0 Å². The number of carbonyl (C=O) groups excluding carboxylic acids is 2. The smallest absolute Gasteiger partial charge is 0.342 e. The summed E-state index contributed by atoms with van der Waals surface area (Å²) in [4.78, 5) is 73.0. The zero-order valence-corrected chi connectivity index (χ0v) is 34.1. The Bertz CT molecular complexity index is 2800. The van der Waals surface area contributed by atoms with Crippen LogP contribution in [0, 0.1) is 47.9 Å². The lowest BCUT2D eigenvalue weighted by Gasteiger charge is -2.07. The van der Waals surface area contributed by atoms with Crippen LogP contribution in [0.3, 0.4) is 0 Å². The number of hydrogen-bond acceptors (Lipinski definition) is 12. The minimum atomic E-state index is -0.526. The molecule has 5 aromatic heterocycles. The van der Waals surface area contributed by atoms with Crippen molar-refractivity contribution in [3.8, 4) is 0 Å². The third kappa shape index (κ3) is 8.62. The highest BCUT2D eigenvalue weighted by molar-refractivity contribution is 5.94. The van der Waals surface area contributed by atoms with Crippen molar-refractivity contribution in [2.24, 2.45) is 0 Å². The largest absolute Gasteiger partial charge is 0.461 e. The molecule has 0 aliphatic carbocycles. The summed E-state index contributed by atoms with van der Waals surface area (Å²) < 4.78 is 13.8. The molecule has 2 N–H and O–H groups in total. The van der Waals surface area contributed by atoms with Crippen molar-refractivity contribution in [1.82, 2.24) is 39.0 Å². The highest BCUT2D eigenvalue weighted by Crippen LogP contribution is 2.35. The molecule has 2 aliphatic heterocycles. The summed E-state index contributed by atoms with van der Waals surface area (Å²) in [7, 11) is 0. The van der Waals surface area contributed by atoms with Crippen LogP contribution in [0.5, 0.6) is 0 Å². The minimum absolute atomic E-state index is 0.0335. The molecule has 60 heavy (non-hydrogen) atoms. The molecule has 7 heterocycles. The van der Waals surface area contributed by atoms with Crippen molar-refractivity contribution >= 4 is 68.4 Å². The van der Waals surface area contributed by atoms with Gasteiger partial charge in [-0.3, -0.25) is 9.59 Å². The molecule has 310 valence electrons. The molecule has 2 aliphatic rings. The molecule has 18 heteroatoms. The average molecular weight is 817 g/mol. The standard InChI is InChI=1S/C42H44N10O8/c1-23-15-30-18-35-25(3)31(7-9-41(53)59-13-11-49-27(5)43-21-39(49)51(55)56)37(47-35)20-38-32(8-10-42(54)60-14-12-50-28(6)44-22-40(50)52(57)58)26(4)36(48-38)19-34-24(2)16-29(46-34)17-33(23)45-30/h15-22,45,48H,7-14H2,1-6H3. The number of imidazole rings is 2. The van der Waals surface area contributed by atoms with Crippen LogP contribution in [0.2, 0.25) is 0 Å². The van der Waals surface area contributed by atoms with Crippen molar-refractivity contribution < 1.29 is 28.9 Å². The van der Waals surface area contributed by atoms with Crippen molar-refractivity contribution in [2.75, 3.05) is 13.2 Å². The Morgan fingerprint density at radius 1 is 0.700 bits per heavy atom. The predicted octanol–water partition coefficient (Wildman–Crippen LogP) is 7.45. The second-order valence-corrected chi connectivity index (χ2v) is 14.8. The number of aromatic nitrogens is 8. The molecule has 18 nitrogen and oxygen atoms in total. The van der Waals surface area contributed by atoms with E-state index in [2.05, 4.69) is 19.9 Å². The van der Waals surface area contributed by atoms with Gasteiger partial charge in [0, 0.05) is 48.8 Å². The van der Waals surface area contributed by atoms with Gasteiger partial charge in [0.25, 0.3) is 0 Å². The molecule has 7 rings (SSSR count). The van der Waals surface area contributed by atoms with E-state index in [9.17, 15) is 29.8 Å².